The largest absolute Gasteiger partial charge is 0.423 e. The molecule has 4 atom stereocenters. The number of alkyl halides is 3. The van der Waals surface area contributed by atoms with Crippen LogP contribution < -0.4 is 10.9 Å². The van der Waals surface area contributed by atoms with Crippen molar-refractivity contribution in [3.05, 3.63) is 46.0 Å². The Morgan fingerprint density at radius 2 is 2.08 bits per heavy atom. The smallest absolute Gasteiger partial charge is 0.354 e. The van der Waals surface area contributed by atoms with Crippen LogP contribution in [0.4, 0.5) is 24.5 Å². The zero-order valence-electron chi connectivity index (χ0n) is 13.3. The van der Waals surface area contributed by atoms with Crippen molar-refractivity contribution in [2.24, 2.45) is 17.7 Å². The summed E-state index contributed by atoms with van der Waals surface area (Å²) in [5, 5.41) is 11.4. The lowest BCUT2D eigenvalue weighted by atomic mass is 9.68. The van der Waals surface area contributed by atoms with Gasteiger partial charge in [0.25, 0.3) is 11.6 Å². The summed E-state index contributed by atoms with van der Waals surface area (Å²) in [5.74, 6) is 5.09. The van der Waals surface area contributed by atoms with Gasteiger partial charge in [-0.25, -0.2) is 10.9 Å². The monoisotopic (exact) mass is 369 g/mol. The first-order valence-corrected chi connectivity index (χ1v) is 7.97. The molecule has 2 fully saturated rings. The average Bonchev–Trinajstić information content (AvgIpc) is 3.39. The highest BCUT2D eigenvalue weighted by atomic mass is 19.4. The van der Waals surface area contributed by atoms with E-state index in [1.54, 1.807) is 0 Å². The maximum Gasteiger partial charge on any atom is 0.423 e. The van der Waals surface area contributed by atoms with Crippen molar-refractivity contribution in [2.45, 2.75) is 30.7 Å². The number of hydrazine groups is 1. The van der Waals surface area contributed by atoms with Crippen LogP contribution in [0.3, 0.4) is 0 Å². The highest BCUT2D eigenvalue weighted by Crippen LogP contribution is 2.58. The van der Waals surface area contributed by atoms with Crippen molar-refractivity contribution in [1.82, 2.24) is 0 Å². The SMILES string of the molecule is NN(C(=O)C12OC1[C@@H]1C=C[C@H]2CC1)c1ccc([N+](=O)[O-])c(C(F)(F)F)c1. The first-order chi connectivity index (χ1) is 12.2. The minimum absolute atomic E-state index is 0.0972. The summed E-state index contributed by atoms with van der Waals surface area (Å²) in [6, 6.07) is 2.23. The van der Waals surface area contributed by atoms with Crippen LogP contribution in [0.25, 0.3) is 0 Å². The van der Waals surface area contributed by atoms with E-state index >= 15 is 0 Å². The van der Waals surface area contributed by atoms with Crippen molar-refractivity contribution in [3.63, 3.8) is 0 Å². The van der Waals surface area contributed by atoms with Gasteiger partial charge < -0.3 is 4.74 Å². The van der Waals surface area contributed by atoms with E-state index in [1.165, 1.54) is 0 Å². The number of epoxide rings is 1. The average molecular weight is 369 g/mol. The van der Waals surface area contributed by atoms with Crippen LogP contribution in [0.5, 0.6) is 0 Å². The maximum absolute atomic E-state index is 13.1. The Hall–Kier alpha value is -2.46. The van der Waals surface area contributed by atoms with Gasteiger partial charge in [-0.2, -0.15) is 13.2 Å². The number of hydrogen-bond donors (Lipinski definition) is 1. The summed E-state index contributed by atoms with van der Waals surface area (Å²) >= 11 is 0. The standard InChI is InChI=1S/C16H14F3N3O4/c17-16(18,19)11-7-10(5-6-12(11)22(24)25)21(20)14(23)15-9-3-1-8(2-4-9)13(15)26-15/h1,3,5-9,13H,2,4,20H2/t8-,9+,13?,15?/m1/s1. The molecule has 1 aromatic rings. The number of halogens is 3. The molecule has 4 aliphatic rings. The van der Waals surface area contributed by atoms with Crippen LogP contribution >= 0.6 is 0 Å². The predicted molar refractivity (Wildman–Crippen MR) is 82.7 cm³/mol. The van der Waals surface area contributed by atoms with Crippen LogP contribution in [0, 0.1) is 22.0 Å². The number of nitro benzene ring substituents is 1. The number of nitro groups is 1. The van der Waals surface area contributed by atoms with Gasteiger partial charge in [0.15, 0.2) is 5.60 Å². The minimum atomic E-state index is -4.95. The second kappa shape index (κ2) is 5.27. The summed E-state index contributed by atoms with van der Waals surface area (Å²) in [5.41, 5.74) is -3.96. The van der Waals surface area contributed by atoms with E-state index in [0.717, 1.165) is 18.9 Å². The number of rotatable bonds is 3. The molecule has 5 rings (SSSR count). The zero-order valence-corrected chi connectivity index (χ0v) is 13.3. The number of nitrogens with zero attached hydrogens (tertiary/aromatic N) is 2. The summed E-state index contributed by atoms with van der Waals surface area (Å²) in [4.78, 5) is 22.6. The van der Waals surface area contributed by atoms with E-state index in [4.69, 9.17) is 10.6 Å². The van der Waals surface area contributed by atoms with Crippen molar-refractivity contribution in [3.8, 4) is 0 Å². The third-order valence-electron chi connectivity index (χ3n) is 5.34. The van der Waals surface area contributed by atoms with E-state index in [1.807, 2.05) is 12.2 Å². The first-order valence-electron chi connectivity index (χ1n) is 7.97. The number of benzene rings is 1. The number of hydrogen-bond acceptors (Lipinski definition) is 5. The van der Waals surface area contributed by atoms with Crippen LogP contribution in [0.2, 0.25) is 0 Å². The molecule has 1 aliphatic heterocycles. The molecule has 0 aromatic heterocycles. The van der Waals surface area contributed by atoms with E-state index in [9.17, 15) is 28.1 Å². The number of amides is 1. The lowest BCUT2D eigenvalue weighted by Gasteiger charge is -2.34. The highest BCUT2D eigenvalue weighted by Gasteiger charge is 2.72. The van der Waals surface area contributed by atoms with E-state index in [0.29, 0.717) is 17.1 Å². The second-order valence-corrected chi connectivity index (χ2v) is 6.70. The van der Waals surface area contributed by atoms with Crippen molar-refractivity contribution in [1.29, 1.82) is 0 Å². The van der Waals surface area contributed by atoms with Gasteiger partial charge in [-0.3, -0.25) is 14.9 Å². The van der Waals surface area contributed by atoms with E-state index in [-0.39, 0.29) is 23.6 Å². The Bertz CT molecular complexity index is 841. The number of nitrogens with two attached hydrogens (primary N) is 1. The molecule has 2 N–H and O–H groups in total. The molecule has 10 heteroatoms. The van der Waals surface area contributed by atoms with Gasteiger partial charge in [-0.05, 0) is 25.0 Å². The molecule has 1 saturated heterocycles. The van der Waals surface area contributed by atoms with Gasteiger partial charge in [-0.15, -0.1) is 0 Å². The molecule has 7 nitrogen and oxygen atoms in total. The Morgan fingerprint density at radius 3 is 2.62 bits per heavy atom. The number of carbonyl (C=O) groups excluding carboxylic acids is 1. The number of anilines is 1. The molecule has 138 valence electrons. The molecular weight excluding hydrogens is 355 g/mol. The van der Waals surface area contributed by atoms with Gasteiger partial charge in [0.05, 0.1) is 10.6 Å². The van der Waals surface area contributed by atoms with E-state index < -0.39 is 33.9 Å². The lowest BCUT2D eigenvalue weighted by Crippen LogP contribution is -2.53. The fourth-order valence-electron chi connectivity index (χ4n) is 4.03. The maximum atomic E-state index is 13.1. The molecule has 1 saturated carbocycles. The van der Waals surface area contributed by atoms with Crippen LogP contribution in [-0.2, 0) is 15.7 Å². The predicted octanol–water partition coefficient (Wildman–Crippen LogP) is 2.55. The fourth-order valence-corrected chi connectivity index (χ4v) is 4.03. The minimum Gasteiger partial charge on any atom is -0.354 e. The normalized spacial score (nSPS) is 31.5. The van der Waals surface area contributed by atoms with Crippen LogP contribution in [-0.4, -0.2) is 22.5 Å². The molecule has 3 aliphatic carbocycles. The molecule has 0 radical (unpaired) electrons. The number of fused-ring (bicyclic) bond motifs is 1. The topological polar surface area (TPSA) is 102 Å². The molecule has 1 amide bonds. The van der Waals surface area contributed by atoms with Crippen molar-refractivity contribution in [2.75, 3.05) is 5.01 Å². The van der Waals surface area contributed by atoms with Crippen LogP contribution in [0.15, 0.2) is 30.4 Å². The first kappa shape index (κ1) is 17.0. The summed E-state index contributed by atoms with van der Waals surface area (Å²) in [7, 11) is 0. The van der Waals surface area contributed by atoms with Gasteiger partial charge >= 0.3 is 6.18 Å². The second-order valence-electron chi connectivity index (χ2n) is 6.70. The molecule has 1 aromatic carbocycles. The van der Waals surface area contributed by atoms with E-state index in [2.05, 4.69) is 0 Å². The zero-order chi connectivity index (χ0) is 18.9. The van der Waals surface area contributed by atoms with Gasteiger partial charge in [-0.1, -0.05) is 12.2 Å². The molecule has 1 heterocycles. The lowest BCUT2D eigenvalue weighted by molar-refractivity contribution is -0.388. The molecular formula is C16H14F3N3O4. The molecule has 2 unspecified atom stereocenters. The summed E-state index contributed by atoms with van der Waals surface area (Å²) in [6.07, 6.45) is 0.245. The highest BCUT2D eigenvalue weighted by molar-refractivity contribution is 6.02. The third-order valence-corrected chi connectivity index (χ3v) is 5.34. The Labute approximate surface area is 145 Å². The quantitative estimate of drug-likeness (QED) is 0.220. The number of carbonyl (C=O) groups is 1. The number of ether oxygens (including phenoxy) is 1. The molecule has 2 bridgehead atoms. The Balaban J connectivity index is 1.67. The Kier molecular flexibility index (Phi) is 3.44. The molecule has 26 heavy (non-hydrogen) atoms. The van der Waals surface area contributed by atoms with Crippen molar-refractivity contribution >= 4 is 17.3 Å². The fraction of sp³-hybridized carbons (Fsp3) is 0.438. The van der Waals surface area contributed by atoms with Gasteiger partial charge in [0, 0.05) is 17.9 Å². The van der Waals surface area contributed by atoms with Crippen LogP contribution in [0.1, 0.15) is 18.4 Å². The summed E-state index contributed by atoms with van der Waals surface area (Å²) < 4.78 is 45.0. The van der Waals surface area contributed by atoms with Gasteiger partial charge in [0.1, 0.15) is 11.7 Å². The third kappa shape index (κ3) is 2.25. The Morgan fingerprint density at radius 1 is 1.35 bits per heavy atom. The van der Waals surface area contributed by atoms with Gasteiger partial charge in [0.2, 0.25) is 0 Å². The molecule has 0 spiro atoms. The summed E-state index contributed by atoms with van der Waals surface area (Å²) in [6.45, 7) is 0. The van der Waals surface area contributed by atoms with Crippen molar-refractivity contribution < 1.29 is 27.6 Å².